The summed E-state index contributed by atoms with van der Waals surface area (Å²) in [7, 11) is 1.57. The lowest BCUT2D eigenvalue weighted by Gasteiger charge is -2.03. The summed E-state index contributed by atoms with van der Waals surface area (Å²) in [6.07, 6.45) is 2.96. The third-order valence-electron chi connectivity index (χ3n) is 1.71. The van der Waals surface area contributed by atoms with E-state index in [0.29, 0.717) is 12.3 Å². The van der Waals surface area contributed by atoms with Crippen molar-refractivity contribution in [1.29, 1.82) is 0 Å². The number of aryl methyl sites for hydroxylation is 1. The Kier molecular flexibility index (Phi) is 2.80. The molecule has 0 unspecified atom stereocenters. The Bertz CT molecular complexity index is 284. The maximum Gasteiger partial charge on any atom is 0.213 e. The number of aromatic nitrogens is 1. The van der Waals surface area contributed by atoms with Crippen molar-refractivity contribution in [3.05, 3.63) is 23.4 Å². The van der Waals surface area contributed by atoms with Gasteiger partial charge in [0.2, 0.25) is 5.88 Å². The van der Waals surface area contributed by atoms with E-state index in [1.54, 1.807) is 13.3 Å². The molecule has 0 saturated carbocycles. The molecule has 0 aliphatic carbocycles. The lowest BCUT2D eigenvalue weighted by atomic mass is 10.1. The van der Waals surface area contributed by atoms with Crippen LogP contribution in [0.2, 0.25) is 0 Å². The molecule has 0 bridgehead atoms. The van der Waals surface area contributed by atoms with Crippen molar-refractivity contribution in [1.82, 2.24) is 4.98 Å². The van der Waals surface area contributed by atoms with E-state index in [1.807, 2.05) is 13.0 Å². The Hall–Kier alpha value is -1.38. The van der Waals surface area contributed by atoms with Gasteiger partial charge in [0.15, 0.2) is 0 Å². The fraction of sp³-hybridized carbons (Fsp3) is 0.333. The van der Waals surface area contributed by atoms with E-state index in [4.69, 9.17) is 4.74 Å². The Morgan fingerprint density at radius 3 is 2.92 bits per heavy atom. The summed E-state index contributed by atoms with van der Waals surface area (Å²) in [5.41, 5.74) is 1.99. The van der Waals surface area contributed by atoms with Crippen LogP contribution in [0, 0.1) is 6.92 Å². The first-order chi connectivity index (χ1) is 5.77. The predicted molar refractivity (Wildman–Crippen MR) is 45.3 cm³/mol. The van der Waals surface area contributed by atoms with Crippen molar-refractivity contribution >= 4 is 6.29 Å². The summed E-state index contributed by atoms with van der Waals surface area (Å²) in [4.78, 5) is 14.2. The van der Waals surface area contributed by atoms with Gasteiger partial charge in [-0.3, -0.25) is 0 Å². The maximum atomic E-state index is 10.2. The Morgan fingerprint density at radius 1 is 1.67 bits per heavy atom. The van der Waals surface area contributed by atoms with Gasteiger partial charge in [0.1, 0.15) is 6.29 Å². The van der Waals surface area contributed by atoms with Crippen LogP contribution in [0.15, 0.2) is 12.3 Å². The Balaban J connectivity index is 2.94. The minimum Gasteiger partial charge on any atom is -0.481 e. The average molecular weight is 165 g/mol. The molecule has 0 radical (unpaired) electrons. The molecule has 3 heteroatoms. The SMILES string of the molecule is COc1cc(C)c(CC=O)cn1. The molecule has 0 spiro atoms. The molecule has 1 aromatic heterocycles. The number of rotatable bonds is 3. The Morgan fingerprint density at radius 2 is 2.42 bits per heavy atom. The lowest BCUT2D eigenvalue weighted by molar-refractivity contribution is -0.107. The summed E-state index contributed by atoms with van der Waals surface area (Å²) >= 11 is 0. The first-order valence-corrected chi connectivity index (χ1v) is 3.71. The van der Waals surface area contributed by atoms with E-state index in [0.717, 1.165) is 17.4 Å². The molecule has 64 valence electrons. The van der Waals surface area contributed by atoms with Gasteiger partial charge < -0.3 is 9.53 Å². The molecule has 0 atom stereocenters. The fourth-order valence-electron chi connectivity index (χ4n) is 0.974. The van der Waals surface area contributed by atoms with E-state index >= 15 is 0 Å². The highest BCUT2D eigenvalue weighted by Crippen LogP contribution is 2.12. The van der Waals surface area contributed by atoms with Crippen molar-refractivity contribution < 1.29 is 9.53 Å². The summed E-state index contributed by atoms with van der Waals surface area (Å²) in [5, 5.41) is 0. The summed E-state index contributed by atoms with van der Waals surface area (Å²) in [6, 6.07) is 1.82. The molecule has 0 aliphatic rings. The molecule has 0 N–H and O–H groups in total. The van der Waals surface area contributed by atoms with Crippen LogP contribution in [0.4, 0.5) is 0 Å². The molecule has 0 aromatic carbocycles. The van der Waals surface area contributed by atoms with Crippen molar-refractivity contribution in [3.63, 3.8) is 0 Å². The third kappa shape index (κ3) is 1.81. The van der Waals surface area contributed by atoms with Gasteiger partial charge in [-0.05, 0) is 18.1 Å². The standard InChI is InChI=1S/C9H11NO2/c1-7-5-9(12-2)10-6-8(7)3-4-11/h4-6H,3H2,1-2H3. The fourth-order valence-corrected chi connectivity index (χ4v) is 0.974. The number of carbonyl (C=O) groups is 1. The molecule has 0 amide bonds. The van der Waals surface area contributed by atoms with Gasteiger partial charge in [-0.2, -0.15) is 0 Å². The van der Waals surface area contributed by atoms with Crippen LogP contribution in [0.5, 0.6) is 5.88 Å². The molecular weight excluding hydrogens is 154 g/mol. The van der Waals surface area contributed by atoms with Gasteiger partial charge in [-0.25, -0.2) is 4.98 Å². The van der Waals surface area contributed by atoms with Crippen LogP contribution < -0.4 is 4.74 Å². The smallest absolute Gasteiger partial charge is 0.213 e. The van der Waals surface area contributed by atoms with E-state index in [9.17, 15) is 4.79 Å². The molecule has 0 aliphatic heterocycles. The number of hydrogen-bond donors (Lipinski definition) is 0. The van der Waals surface area contributed by atoms with Gasteiger partial charge in [0.25, 0.3) is 0 Å². The van der Waals surface area contributed by atoms with Gasteiger partial charge >= 0.3 is 0 Å². The van der Waals surface area contributed by atoms with Gasteiger partial charge in [0.05, 0.1) is 7.11 Å². The van der Waals surface area contributed by atoms with Crippen molar-refractivity contribution in [2.45, 2.75) is 13.3 Å². The van der Waals surface area contributed by atoms with E-state index in [1.165, 1.54) is 0 Å². The highest BCUT2D eigenvalue weighted by molar-refractivity contribution is 5.55. The quantitative estimate of drug-likeness (QED) is 0.630. The first kappa shape index (κ1) is 8.71. The molecule has 1 rings (SSSR count). The topological polar surface area (TPSA) is 39.2 Å². The molecule has 1 aromatic rings. The van der Waals surface area contributed by atoms with Gasteiger partial charge in [-0.1, -0.05) is 0 Å². The minimum absolute atomic E-state index is 0.419. The van der Waals surface area contributed by atoms with Crippen molar-refractivity contribution in [2.24, 2.45) is 0 Å². The normalized spacial score (nSPS) is 9.50. The van der Waals surface area contributed by atoms with Crippen LogP contribution in [0.1, 0.15) is 11.1 Å². The van der Waals surface area contributed by atoms with E-state index in [2.05, 4.69) is 4.98 Å². The molecule has 12 heavy (non-hydrogen) atoms. The van der Waals surface area contributed by atoms with E-state index < -0.39 is 0 Å². The molecule has 0 fully saturated rings. The van der Waals surface area contributed by atoms with Crippen LogP contribution in [-0.4, -0.2) is 18.4 Å². The zero-order valence-corrected chi connectivity index (χ0v) is 7.20. The summed E-state index contributed by atoms with van der Waals surface area (Å²) in [5.74, 6) is 0.585. The molecule has 0 saturated heterocycles. The first-order valence-electron chi connectivity index (χ1n) is 3.71. The monoisotopic (exact) mass is 165 g/mol. The third-order valence-corrected chi connectivity index (χ3v) is 1.71. The maximum absolute atomic E-state index is 10.2. The van der Waals surface area contributed by atoms with Crippen LogP contribution in [-0.2, 0) is 11.2 Å². The average Bonchev–Trinajstić information content (AvgIpc) is 2.09. The van der Waals surface area contributed by atoms with Gasteiger partial charge in [-0.15, -0.1) is 0 Å². The highest BCUT2D eigenvalue weighted by Gasteiger charge is 1.99. The number of carbonyl (C=O) groups excluding carboxylic acids is 1. The summed E-state index contributed by atoms with van der Waals surface area (Å²) in [6.45, 7) is 1.93. The number of pyridine rings is 1. The number of methoxy groups -OCH3 is 1. The number of nitrogens with zero attached hydrogens (tertiary/aromatic N) is 1. The van der Waals surface area contributed by atoms with Crippen LogP contribution >= 0.6 is 0 Å². The second-order valence-electron chi connectivity index (χ2n) is 2.52. The van der Waals surface area contributed by atoms with Crippen molar-refractivity contribution in [3.8, 4) is 5.88 Å². The largest absolute Gasteiger partial charge is 0.481 e. The highest BCUT2D eigenvalue weighted by atomic mass is 16.5. The zero-order valence-electron chi connectivity index (χ0n) is 7.20. The number of hydrogen-bond acceptors (Lipinski definition) is 3. The molecule has 3 nitrogen and oxygen atoms in total. The molecular formula is C9H11NO2. The Labute approximate surface area is 71.4 Å². The van der Waals surface area contributed by atoms with E-state index in [-0.39, 0.29) is 0 Å². The second-order valence-corrected chi connectivity index (χ2v) is 2.52. The second kappa shape index (κ2) is 3.85. The number of ether oxygens (including phenoxy) is 1. The molecule has 1 heterocycles. The number of aldehydes is 1. The predicted octanol–water partition coefficient (Wildman–Crippen LogP) is 1.14. The van der Waals surface area contributed by atoms with Crippen molar-refractivity contribution in [2.75, 3.05) is 7.11 Å². The zero-order chi connectivity index (χ0) is 8.97. The minimum atomic E-state index is 0.419. The van der Waals surface area contributed by atoms with Crippen LogP contribution in [0.3, 0.4) is 0 Å². The lowest BCUT2D eigenvalue weighted by Crippen LogP contribution is -1.94. The summed E-state index contributed by atoms with van der Waals surface area (Å²) < 4.78 is 4.93. The van der Waals surface area contributed by atoms with Crippen LogP contribution in [0.25, 0.3) is 0 Å². The van der Waals surface area contributed by atoms with Gasteiger partial charge in [0, 0.05) is 18.7 Å².